The van der Waals surface area contributed by atoms with Crippen molar-refractivity contribution in [3.63, 3.8) is 0 Å². The molecule has 3 heterocycles. The smallest absolute Gasteiger partial charge is 0.225 e. The molecule has 0 atom stereocenters. The van der Waals surface area contributed by atoms with Crippen LogP contribution in [0.3, 0.4) is 0 Å². The lowest BCUT2D eigenvalue weighted by atomic mass is 9.91. The van der Waals surface area contributed by atoms with Gasteiger partial charge >= 0.3 is 0 Å². The minimum atomic E-state index is 0.251. The molecule has 0 radical (unpaired) electrons. The molecular formula is C20H35N3O2. The summed E-state index contributed by atoms with van der Waals surface area (Å²) in [5.74, 6) is 0.992. The second-order valence-corrected chi connectivity index (χ2v) is 8.06. The van der Waals surface area contributed by atoms with Gasteiger partial charge in [-0.1, -0.05) is 6.92 Å². The van der Waals surface area contributed by atoms with Gasteiger partial charge in [-0.2, -0.15) is 0 Å². The second-order valence-electron chi connectivity index (χ2n) is 8.06. The van der Waals surface area contributed by atoms with Crippen molar-refractivity contribution in [2.45, 2.75) is 70.8 Å². The third-order valence-electron chi connectivity index (χ3n) is 6.34. The van der Waals surface area contributed by atoms with Gasteiger partial charge in [-0.15, -0.1) is 0 Å². The molecule has 0 aromatic rings. The molecule has 0 N–H and O–H groups in total. The molecule has 142 valence electrons. The predicted molar refractivity (Wildman–Crippen MR) is 99.2 cm³/mol. The van der Waals surface area contributed by atoms with Gasteiger partial charge in [0.05, 0.1) is 0 Å². The molecule has 3 fully saturated rings. The Balaban J connectivity index is 1.41. The Morgan fingerprint density at radius 1 is 0.800 bits per heavy atom. The van der Waals surface area contributed by atoms with E-state index in [1.54, 1.807) is 0 Å². The van der Waals surface area contributed by atoms with E-state index in [0.717, 1.165) is 71.4 Å². The molecule has 0 aromatic carbocycles. The number of piperidine rings is 3. The minimum Gasteiger partial charge on any atom is -0.343 e. The highest BCUT2D eigenvalue weighted by Crippen LogP contribution is 2.26. The first-order valence-corrected chi connectivity index (χ1v) is 10.5. The van der Waals surface area contributed by atoms with Crippen LogP contribution < -0.4 is 0 Å². The largest absolute Gasteiger partial charge is 0.343 e. The van der Waals surface area contributed by atoms with Crippen molar-refractivity contribution in [1.29, 1.82) is 0 Å². The summed E-state index contributed by atoms with van der Waals surface area (Å²) < 4.78 is 0. The van der Waals surface area contributed by atoms with Crippen LogP contribution in [-0.4, -0.2) is 71.8 Å². The quantitative estimate of drug-likeness (QED) is 0.783. The van der Waals surface area contributed by atoms with Crippen LogP contribution in [0.4, 0.5) is 0 Å². The van der Waals surface area contributed by atoms with Crippen LogP contribution in [0.1, 0.15) is 64.7 Å². The third kappa shape index (κ3) is 4.75. The van der Waals surface area contributed by atoms with Crippen LogP contribution in [0, 0.1) is 5.92 Å². The topological polar surface area (TPSA) is 43.9 Å². The van der Waals surface area contributed by atoms with Gasteiger partial charge in [0.15, 0.2) is 0 Å². The summed E-state index contributed by atoms with van der Waals surface area (Å²) in [5.41, 5.74) is 0. The Kier molecular flexibility index (Phi) is 6.74. The Bertz CT molecular complexity index is 446. The standard InChI is InChI=1S/C20H35N3O2/c1-2-6-19(24)22-15-9-18(10-16-22)21-13-7-17(8-14-21)20(25)23-11-4-3-5-12-23/h17-18H,2-16H2,1H3. The molecule has 3 aliphatic rings. The summed E-state index contributed by atoms with van der Waals surface area (Å²) in [6, 6.07) is 0.608. The van der Waals surface area contributed by atoms with E-state index in [0.29, 0.717) is 24.3 Å². The zero-order valence-electron chi connectivity index (χ0n) is 15.9. The zero-order chi connectivity index (χ0) is 17.6. The van der Waals surface area contributed by atoms with Crippen LogP contribution in [0.2, 0.25) is 0 Å². The van der Waals surface area contributed by atoms with Gasteiger partial charge in [0.1, 0.15) is 0 Å². The summed E-state index contributed by atoms with van der Waals surface area (Å²) in [5, 5.41) is 0. The van der Waals surface area contributed by atoms with E-state index in [-0.39, 0.29) is 5.92 Å². The number of rotatable bonds is 4. The molecule has 3 saturated heterocycles. The van der Waals surface area contributed by atoms with Gasteiger partial charge in [0.25, 0.3) is 0 Å². The summed E-state index contributed by atoms with van der Waals surface area (Å²) in [6.07, 6.45) is 9.50. The van der Waals surface area contributed by atoms with E-state index in [9.17, 15) is 9.59 Å². The molecule has 25 heavy (non-hydrogen) atoms. The van der Waals surface area contributed by atoms with Crippen molar-refractivity contribution in [2.75, 3.05) is 39.3 Å². The summed E-state index contributed by atoms with van der Waals surface area (Å²) >= 11 is 0. The van der Waals surface area contributed by atoms with Gasteiger partial charge in [0, 0.05) is 44.6 Å². The Hall–Kier alpha value is -1.10. The summed E-state index contributed by atoms with van der Waals surface area (Å²) in [6.45, 7) is 7.95. The van der Waals surface area contributed by atoms with Gasteiger partial charge < -0.3 is 14.7 Å². The maximum absolute atomic E-state index is 12.7. The molecule has 3 rings (SSSR count). The molecule has 0 spiro atoms. The maximum atomic E-state index is 12.7. The average molecular weight is 350 g/mol. The highest BCUT2D eigenvalue weighted by Gasteiger charge is 2.33. The van der Waals surface area contributed by atoms with E-state index in [4.69, 9.17) is 0 Å². The van der Waals surface area contributed by atoms with Crippen molar-refractivity contribution < 1.29 is 9.59 Å². The average Bonchev–Trinajstić information content (AvgIpc) is 2.68. The Labute approximate surface area is 152 Å². The van der Waals surface area contributed by atoms with Gasteiger partial charge in [-0.3, -0.25) is 9.59 Å². The molecule has 3 aliphatic heterocycles. The van der Waals surface area contributed by atoms with E-state index >= 15 is 0 Å². The molecule has 5 heteroatoms. The summed E-state index contributed by atoms with van der Waals surface area (Å²) in [7, 11) is 0. The van der Waals surface area contributed by atoms with Gasteiger partial charge in [-0.05, 0) is 64.5 Å². The second kappa shape index (κ2) is 9.02. The van der Waals surface area contributed by atoms with Crippen molar-refractivity contribution in [3.8, 4) is 0 Å². The van der Waals surface area contributed by atoms with Crippen LogP contribution in [0.25, 0.3) is 0 Å². The van der Waals surface area contributed by atoms with Gasteiger partial charge in [0.2, 0.25) is 11.8 Å². The lowest BCUT2D eigenvalue weighted by Gasteiger charge is -2.42. The Morgan fingerprint density at radius 2 is 1.44 bits per heavy atom. The highest BCUT2D eigenvalue weighted by molar-refractivity contribution is 5.79. The number of hydrogen-bond donors (Lipinski definition) is 0. The number of amides is 2. The fourth-order valence-corrected chi connectivity index (χ4v) is 4.74. The monoisotopic (exact) mass is 349 g/mol. The van der Waals surface area contributed by atoms with E-state index in [1.165, 1.54) is 19.3 Å². The van der Waals surface area contributed by atoms with E-state index < -0.39 is 0 Å². The lowest BCUT2D eigenvalue weighted by molar-refractivity contribution is -0.139. The molecular weight excluding hydrogens is 314 g/mol. The van der Waals surface area contributed by atoms with Crippen LogP contribution in [0.15, 0.2) is 0 Å². The van der Waals surface area contributed by atoms with Crippen molar-refractivity contribution in [2.24, 2.45) is 5.92 Å². The van der Waals surface area contributed by atoms with Crippen LogP contribution >= 0.6 is 0 Å². The molecule has 5 nitrogen and oxygen atoms in total. The predicted octanol–water partition coefficient (Wildman–Crippen LogP) is 2.50. The molecule has 0 aromatic heterocycles. The molecule has 0 unspecified atom stereocenters. The Morgan fingerprint density at radius 3 is 2.04 bits per heavy atom. The first-order chi connectivity index (χ1) is 12.2. The minimum absolute atomic E-state index is 0.251. The molecule has 0 saturated carbocycles. The molecule has 2 amide bonds. The fourth-order valence-electron chi connectivity index (χ4n) is 4.74. The number of carbonyl (C=O) groups excluding carboxylic acids is 2. The van der Waals surface area contributed by atoms with Gasteiger partial charge in [-0.25, -0.2) is 0 Å². The molecule has 0 bridgehead atoms. The van der Waals surface area contributed by atoms with Crippen LogP contribution in [-0.2, 0) is 9.59 Å². The van der Waals surface area contributed by atoms with E-state index in [1.807, 2.05) is 4.90 Å². The maximum Gasteiger partial charge on any atom is 0.225 e. The van der Waals surface area contributed by atoms with Crippen molar-refractivity contribution in [1.82, 2.24) is 14.7 Å². The number of nitrogens with zero attached hydrogens (tertiary/aromatic N) is 3. The summed E-state index contributed by atoms with van der Waals surface area (Å²) in [4.78, 5) is 31.4. The van der Waals surface area contributed by atoms with E-state index in [2.05, 4.69) is 16.7 Å². The number of carbonyl (C=O) groups is 2. The number of hydrogen-bond acceptors (Lipinski definition) is 3. The third-order valence-corrected chi connectivity index (χ3v) is 6.34. The van der Waals surface area contributed by atoms with Crippen molar-refractivity contribution in [3.05, 3.63) is 0 Å². The number of likely N-dealkylation sites (tertiary alicyclic amines) is 3. The highest BCUT2D eigenvalue weighted by atomic mass is 16.2. The first-order valence-electron chi connectivity index (χ1n) is 10.5. The fraction of sp³-hybridized carbons (Fsp3) is 0.900. The van der Waals surface area contributed by atoms with Crippen molar-refractivity contribution >= 4 is 11.8 Å². The normalized spacial score (nSPS) is 24.5. The van der Waals surface area contributed by atoms with Crippen LogP contribution in [0.5, 0.6) is 0 Å². The first kappa shape index (κ1) is 18.7. The lowest BCUT2D eigenvalue weighted by Crippen LogP contribution is -2.50. The zero-order valence-corrected chi connectivity index (χ0v) is 15.9. The molecule has 0 aliphatic carbocycles. The SMILES string of the molecule is CCCC(=O)N1CCC(N2CCC(C(=O)N3CCCCC3)CC2)CC1.